The molecule has 0 aliphatic heterocycles. The summed E-state index contributed by atoms with van der Waals surface area (Å²) in [4.78, 5) is 63.0. The van der Waals surface area contributed by atoms with E-state index in [1.807, 2.05) is 87.8 Å². The van der Waals surface area contributed by atoms with Crippen LogP contribution in [-0.2, 0) is 12.8 Å². The molecule has 0 saturated carbocycles. The number of nitrogens with zero attached hydrogens (tertiary/aromatic N) is 20. The first-order valence-corrected chi connectivity index (χ1v) is 51.8. The number of ether oxygens (including phenoxy) is 6. The number of halogens is 1. The number of anilines is 10. The van der Waals surface area contributed by atoms with E-state index in [2.05, 4.69) is 139 Å². The maximum absolute atomic E-state index is 9.86. The number of aliphatic hydroxyl groups is 11. The quantitative estimate of drug-likeness (QED) is 0.0161. The van der Waals surface area contributed by atoms with Crippen molar-refractivity contribution in [2.75, 3.05) is 72.0 Å². The Kier molecular flexibility index (Phi) is 39.0. The highest BCUT2D eigenvalue weighted by molar-refractivity contribution is 7.99. The molecule has 7 unspecified atom stereocenters. The number of pyridine rings is 9. The zero-order valence-electron chi connectivity index (χ0n) is 78.9. The highest BCUT2D eigenvalue weighted by Crippen LogP contribution is 2.45. The van der Waals surface area contributed by atoms with Crippen molar-refractivity contribution in [2.24, 2.45) is 0 Å². The van der Waals surface area contributed by atoms with Gasteiger partial charge in [0.25, 0.3) is 0 Å². The van der Waals surface area contributed by atoms with Crippen LogP contribution in [0, 0.1) is 34.6 Å². The zero-order valence-corrected chi connectivity index (χ0v) is 85.4. The van der Waals surface area contributed by atoms with Crippen molar-refractivity contribution in [1.82, 2.24) is 100 Å². The third kappa shape index (κ3) is 30.2. The van der Waals surface area contributed by atoms with Crippen LogP contribution in [0.25, 0.3) is 0 Å². The lowest BCUT2D eigenvalue weighted by Crippen LogP contribution is -2.17. The van der Waals surface area contributed by atoms with E-state index in [0.717, 1.165) is 87.1 Å². The molecule has 2 aliphatic carbocycles. The Labute approximate surface area is 874 Å². The molecule has 0 spiro atoms. The number of thiazole rings is 5. The first-order valence-electron chi connectivity index (χ1n) is 45.2. The molecule has 50 heteroatoms. The van der Waals surface area contributed by atoms with Gasteiger partial charge in [0, 0.05) is 145 Å². The van der Waals surface area contributed by atoms with Crippen LogP contribution in [0.4, 0.5) is 54.7 Å². The van der Waals surface area contributed by atoms with E-state index < -0.39 is 43.7 Å². The second-order valence-electron chi connectivity index (χ2n) is 31.8. The molecule has 17 heterocycles. The predicted octanol–water partition coefficient (Wildman–Crippen LogP) is 17.0. The summed E-state index contributed by atoms with van der Waals surface area (Å²) >= 11 is 15.5. The average molecular weight is 2150 g/mol. The monoisotopic (exact) mass is 2140 g/mol. The van der Waals surface area contributed by atoms with Crippen molar-refractivity contribution < 1.29 is 84.6 Å². The van der Waals surface area contributed by atoms with E-state index in [9.17, 15) is 30.6 Å². The van der Waals surface area contributed by atoms with Gasteiger partial charge < -0.3 is 111 Å². The highest BCUT2D eigenvalue weighted by Gasteiger charge is 2.29. The van der Waals surface area contributed by atoms with Gasteiger partial charge in [-0.05, 0) is 133 Å². The molecule has 17 aromatic rings. The maximum atomic E-state index is 9.86. The molecular formula is C97H98ClN25O17S7. The Morgan fingerprint density at radius 3 is 1.17 bits per heavy atom. The minimum absolute atomic E-state index is 0.0810. The van der Waals surface area contributed by atoms with Crippen LogP contribution in [0.5, 0.6) is 57.5 Å². The van der Waals surface area contributed by atoms with Gasteiger partial charge in [0.05, 0.1) is 104 Å². The van der Waals surface area contributed by atoms with Crippen molar-refractivity contribution in [3.63, 3.8) is 0 Å². The largest absolute Gasteiger partial charge is 0.482 e. The van der Waals surface area contributed by atoms with E-state index in [0.29, 0.717) is 169 Å². The molecule has 0 amide bonds. The molecule has 16 N–H and O–H groups in total. The predicted molar refractivity (Wildman–Crippen MR) is 555 cm³/mol. The van der Waals surface area contributed by atoms with Crippen LogP contribution in [0.3, 0.4) is 0 Å². The van der Waals surface area contributed by atoms with Crippen LogP contribution in [0.15, 0.2) is 219 Å². The number of rotatable bonds is 37. The van der Waals surface area contributed by atoms with E-state index >= 15 is 0 Å². The van der Waals surface area contributed by atoms with Crippen molar-refractivity contribution in [1.29, 1.82) is 0 Å². The van der Waals surface area contributed by atoms with E-state index in [1.54, 1.807) is 121 Å². The smallest absolute Gasteiger partial charge is 0.188 e. The van der Waals surface area contributed by atoms with Gasteiger partial charge in [-0.2, -0.15) is 30.6 Å². The summed E-state index contributed by atoms with van der Waals surface area (Å²) in [5.41, 5.74) is 9.86. The van der Waals surface area contributed by atoms with Crippen LogP contribution < -0.4 is 55.0 Å². The van der Waals surface area contributed by atoms with Gasteiger partial charge in [0.1, 0.15) is 76.3 Å². The molecular weight excluding hydrogens is 2050 g/mol. The summed E-state index contributed by atoms with van der Waals surface area (Å²) in [5.74, 6) is 8.04. The van der Waals surface area contributed by atoms with Crippen LogP contribution >= 0.6 is 91.8 Å². The first kappa shape index (κ1) is 107. The van der Waals surface area contributed by atoms with Crippen molar-refractivity contribution in [3.8, 4) is 57.5 Å². The molecule has 0 radical (unpaired) electrons. The summed E-state index contributed by atoms with van der Waals surface area (Å²) in [6.45, 7) is 7.25. The topological polar surface area (TPSA) is 596 Å². The third-order valence-electron chi connectivity index (χ3n) is 21.1. The Morgan fingerprint density at radius 2 is 0.748 bits per heavy atom. The van der Waals surface area contributed by atoms with Crippen LogP contribution in [0.2, 0.25) is 5.02 Å². The molecule has 762 valence electrons. The molecule has 147 heavy (non-hydrogen) atoms. The average Bonchev–Trinajstić information content (AvgIpc) is 1.49. The molecule has 42 nitrogen and oxygen atoms in total. The Hall–Kier alpha value is -13.9. The second-order valence-corrected chi connectivity index (χ2v) is 38.8. The minimum Gasteiger partial charge on any atom is -0.482 e. The van der Waals surface area contributed by atoms with Crippen LogP contribution in [-0.4, -0.2) is 202 Å². The number of fused-ring (bicyclic) bond motifs is 2. The third-order valence-corrected chi connectivity index (χ3v) is 27.0. The Balaban J connectivity index is 0.000000138. The van der Waals surface area contributed by atoms with Crippen molar-refractivity contribution in [2.45, 2.75) is 131 Å². The lowest BCUT2D eigenvalue weighted by atomic mass is 9.93. The van der Waals surface area contributed by atoms with Gasteiger partial charge in [-0.15, -0.1) is 68.4 Å². The maximum Gasteiger partial charge on any atom is 0.188 e. The number of aromatic nitrogens is 20. The number of aliphatic hydroxyl groups excluding tert-OH is 11. The highest BCUT2D eigenvalue weighted by atomic mass is 35.5. The molecule has 2 aliphatic rings. The van der Waals surface area contributed by atoms with Gasteiger partial charge in [-0.1, -0.05) is 41.6 Å². The SMILES string of the molecule is Cc1cnc(Nc2nc(C(O)CO)cs2)c(Oc2ccnnc2C)c1.Cc1ncccc1Oc1cnc(Nc2nc(C(O)CO)cs2)c(Oc2ccnnc2C)c1.Cc1nnccc1Oc1cc(Cl)cnc1Nc1nc(C(O)CO)cs1.OCC(O)c1csc(Nc2ncc(Sc3ccccn3)cc2OC2CCCc3ncccc32)n1.OCCSc1cnc(Nc2nc(C(O)CO)cs2)c(OC2CCCc3ncccc32)c1. The lowest BCUT2D eigenvalue weighted by molar-refractivity contribution is 0.0928. The van der Waals surface area contributed by atoms with Gasteiger partial charge in [-0.25, -0.2) is 54.8 Å². The number of thioether (sulfide) groups is 1. The molecule has 19 rings (SSSR count). The summed E-state index contributed by atoms with van der Waals surface area (Å²) in [7, 11) is 0. The number of hydrogen-bond acceptors (Lipinski definition) is 49. The molecule has 17 aromatic heterocycles. The number of aryl methyl sites for hydroxylation is 7. The van der Waals surface area contributed by atoms with Gasteiger partial charge in [0.15, 0.2) is 101 Å². The fourth-order valence-corrected chi connectivity index (χ4v) is 19.0. The summed E-state index contributed by atoms with van der Waals surface area (Å²) in [6.07, 6.45) is 20.2. The van der Waals surface area contributed by atoms with Gasteiger partial charge in [0.2, 0.25) is 0 Å². The molecule has 0 saturated heterocycles. The molecule has 7 atom stereocenters. The Morgan fingerprint density at radius 1 is 0.367 bits per heavy atom. The fraction of sp³-hybridized carbons (Fsp3) is 0.258. The zero-order chi connectivity index (χ0) is 103. The molecule has 0 aromatic carbocycles. The van der Waals surface area contributed by atoms with Crippen LogP contribution in [0.1, 0.15) is 148 Å². The number of nitrogens with one attached hydrogen (secondary N) is 5. The molecule has 0 bridgehead atoms. The number of hydrogen-bond donors (Lipinski definition) is 16. The fourth-order valence-electron chi connectivity index (χ4n) is 13.7. The summed E-state index contributed by atoms with van der Waals surface area (Å²) < 4.78 is 36.7. The molecule has 0 fully saturated rings. The minimum atomic E-state index is -1.05. The van der Waals surface area contributed by atoms with Crippen molar-refractivity contribution >= 4 is 147 Å². The Bertz CT molecular complexity index is 7020. The van der Waals surface area contributed by atoms with E-state index in [1.165, 1.54) is 98.8 Å². The standard InChI is InChI=1S/C24H23N5O3S2.C21H20N6O4S.C21H24N4O4S2.C16H17N5O3S.C15H14ClN5O3S/c30-13-19(31)18-14-33-24(28-18)29-23-21(11-15(12-27-23)34-22-8-1-2-9-26-22)32-20-7-3-6-17-16(20)5-4-10-25-17;1-12-17(4-3-6-22-12)30-14-8-19(31-18-5-7-24-27-13(18)2)20(23-9-14)26-21-25-15(11-32-21)16(29)10-28;26-7-8-30-13-9-19(29-18-5-1-4-15-14(18)3-2-6-22-15)20(23-10-13)25-21-24-16(12-31-21)17(28)11-27;1-9-5-14(24-13-3-4-18-21-10(13)2)15(17-6-9)20-16-19-11(8-25-16)12(23)7-22;1-8-12(2-3-18-21-8)24-13-4-9(16)5-17-14(13)20-15-19-10(7-25-15)11(23)6-22/h1-2,4-5,8-12,14,19-20,30-31H,3,6-7,13H2,(H,27,28,29);3-9,11,16,28-29H,10H2,1-2H3,(H,23,25,26);2-3,6,9-10,12,17-18,26-28H,1,4-5,7-8,11H2,(H,23,24,25);3-6,8,12,22-23H,7H2,1-2H3,(H,17,19,20);2-5,7,11,22-23H,6H2,1H3,(H,17,19,20). The van der Waals surface area contributed by atoms with E-state index in [-0.39, 0.29) is 38.6 Å². The van der Waals surface area contributed by atoms with Gasteiger partial charge >= 0.3 is 0 Å². The normalized spacial score (nSPS) is 13.8. The second kappa shape index (κ2) is 53.4. The summed E-state index contributed by atoms with van der Waals surface area (Å²) in [6, 6.07) is 31.5. The lowest BCUT2D eigenvalue weighted by Gasteiger charge is -2.26. The van der Waals surface area contributed by atoms with Crippen molar-refractivity contribution in [3.05, 3.63) is 289 Å². The van der Waals surface area contributed by atoms with E-state index in [4.69, 9.17) is 65.6 Å². The summed E-state index contributed by atoms with van der Waals surface area (Å²) in [5, 5.41) is 154. The van der Waals surface area contributed by atoms with Gasteiger partial charge in [-0.3, -0.25) is 15.0 Å². The first-order chi connectivity index (χ1) is 71.5.